The fourth-order valence-corrected chi connectivity index (χ4v) is 3.46. The molecule has 0 bridgehead atoms. The number of anilines is 1. The van der Waals surface area contributed by atoms with Crippen LogP contribution in [0.25, 0.3) is 0 Å². The summed E-state index contributed by atoms with van der Waals surface area (Å²) in [4.78, 5) is 33.3. The van der Waals surface area contributed by atoms with Gasteiger partial charge >= 0.3 is 0 Å². The molecule has 1 N–H and O–H groups in total. The Hall–Kier alpha value is -2.93. The first-order valence-electron chi connectivity index (χ1n) is 9.85. The first-order valence-corrected chi connectivity index (χ1v) is 9.85. The number of methoxy groups -OCH3 is 1. The molecule has 0 radical (unpaired) electrons. The minimum Gasteiger partial charge on any atom is -0.383 e. The Labute approximate surface area is 171 Å². The summed E-state index contributed by atoms with van der Waals surface area (Å²) in [7, 11) is 1.57. The van der Waals surface area contributed by atoms with Gasteiger partial charge in [-0.25, -0.2) is 0 Å². The lowest BCUT2D eigenvalue weighted by Gasteiger charge is -2.37. The molecule has 2 aromatic rings. The van der Waals surface area contributed by atoms with Crippen molar-refractivity contribution in [1.82, 2.24) is 15.2 Å². The highest BCUT2D eigenvalue weighted by Crippen LogP contribution is 2.24. The summed E-state index contributed by atoms with van der Waals surface area (Å²) in [6, 6.07) is 9.54. The van der Waals surface area contributed by atoms with Gasteiger partial charge < -0.3 is 19.9 Å². The highest BCUT2D eigenvalue weighted by atomic mass is 16.5. The van der Waals surface area contributed by atoms with Gasteiger partial charge in [0.25, 0.3) is 11.8 Å². The summed E-state index contributed by atoms with van der Waals surface area (Å²) in [6.07, 6.45) is 1.50. The van der Waals surface area contributed by atoms with Crippen molar-refractivity contribution < 1.29 is 14.3 Å². The van der Waals surface area contributed by atoms with E-state index in [1.807, 2.05) is 4.90 Å². The van der Waals surface area contributed by atoms with Gasteiger partial charge in [-0.1, -0.05) is 12.1 Å². The number of aromatic nitrogens is 1. The molecule has 1 aliphatic heterocycles. The van der Waals surface area contributed by atoms with Crippen LogP contribution in [0.5, 0.6) is 0 Å². The summed E-state index contributed by atoms with van der Waals surface area (Å²) in [6.45, 7) is 7.93. The zero-order valence-electron chi connectivity index (χ0n) is 17.3. The quantitative estimate of drug-likeness (QED) is 0.757. The minimum absolute atomic E-state index is 0.0704. The monoisotopic (exact) mass is 396 g/mol. The third kappa shape index (κ3) is 4.92. The molecule has 1 aromatic heterocycles. The molecule has 7 heteroatoms. The van der Waals surface area contributed by atoms with Crippen molar-refractivity contribution in [3.05, 3.63) is 58.9 Å². The highest BCUT2D eigenvalue weighted by Gasteiger charge is 2.24. The van der Waals surface area contributed by atoms with Gasteiger partial charge in [-0.2, -0.15) is 0 Å². The van der Waals surface area contributed by atoms with Crippen LogP contribution in [-0.2, 0) is 4.74 Å². The van der Waals surface area contributed by atoms with Gasteiger partial charge in [-0.3, -0.25) is 14.6 Å². The number of benzene rings is 1. The predicted molar refractivity (Wildman–Crippen MR) is 112 cm³/mol. The SMILES string of the molecule is COCCNC(=O)c1cc(C(=O)N2CCN(c3cccc(C)c3C)CC2)ccn1. The number of nitrogens with zero attached hydrogens (tertiary/aromatic N) is 3. The molecular formula is C22H28N4O3. The number of pyridine rings is 1. The molecule has 0 spiro atoms. The lowest BCUT2D eigenvalue weighted by molar-refractivity contribution is 0.0746. The lowest BCUT2D eigenvalue weighted by Crippen LogP contribution is -2.49. The molecular weight excluding hydrogens is 368 g/mol. The molecule has 7 nitrogen and oxygen atoms in total. The summed E-state index contributed by atoms with van der Waals surface area (Å²) in [5.74, 6) is -0.379. The molecule has 2 heterocycles. The number of aryl methyl sites for hydroxylation is 1. The van der Waals surface area contributed by atoms with Crippen LogP contribution in [-0.4, -0.2) is 68.1 Å². The number of carbonyl (C=O) groups excluding carboxylic acids is 2. The lowest BCUT2D eigenvalue weighted by atomic mass is 10.1. The number of carbonyl (C=O) groups is 2. The van der Waals surface area contributed by atoms with E-state index in [4.69, 9.17) is 4.74 Å². The van der Waals surface area contributed by atoms with Gasteiger partial charge in [0, 0.05) is 57.3 Å². The van der Waals surface area contributed by atoms with Crippen molar-refractivity contribution in [2.24, 2.45) is 0 Å². The number of hydrogen-bond acceptors (Lipinski definition) is 5. The van der Waals surface area contributed by atoms with E-state index in [1.165, 1.54) is 23.0 Å². The van der Waals surface area contributed by atoms with E-state index in [-0.39, 0.29) is 17.5 Å². The van der Waals surface area contributed by atoms with Crippen molar-refractivity contribution in [3.63, 3.8) is 0 Å². The smallest absolute Gasteiger partial charge is 0.269 e. The van der Waals surface area contributed by atoms with Gasteiger partial charge in [-0.15, -0.1) is 0 Å². The fraction of sp³-hybridized carbons (Fsp3) is 0.409. The first kappa shape index (κ1) is 20.8. The Morgan fingerprint density at radius 2 is 1.90 bits per heavy atom. The number of ether oxygens (including phenoxy) is 1. The standard InChI is InChI=1S/C22H28N4O3/c1-16-5-4-6-20(17(16)2)25-10-12-26(13-11-25)22(28)18-7-8-23-19(15-18)21(27)24-9-14-29-3/h4-8,15H,9-14H2,1-3H3,(H,24,27). The molecule has 0 aliphatic carbocycles. The molecule has 154 valence electrons. The molecule has 0 saturated carbocycles. The van der Waals surface area contributed by atoms with Crippen molar-refractivity contribution in [2.45, 2.75) is 13.8 Å². The van der Waals surface area contributed by atoms with E-state index >= 15 is 0 Å². The van der Waals surface area contributed by atoms with Crippen molar-refractivity contribution >= 4 is 17.5 Å². The van der Waals surface area contributed by atoms with E-state index in [0.717, 1.165) is 13.1 Å². The molecule has 29 heavy (non-hydrogen) atoms. The van der Waals surface area contributed by atoms with Crippen molar-refractivity contribution in [3.8, 4) is 0 Å². The molecule has 3 rings (SSSR count). The number of nitrogens with one attached hydrogen (secondary N) is 1. The molecule has 1 aliphatic rings. The van der Waals surface area contributed by atoms with E-state index in [1.54, 1.807) is 19.2 Å². The summed E-state index contributed by atoms with van der Waals surface area (Å²) >= 11 is 0. The van der Waals surface area contributed by atoms with Gasteiger partial charge in [0.15, 0.2) is 0 Å². The topological polar surface area (TPSA) is 74.8 Å². The third-order valence-electron chi connectivity index (χ3n) is 5.31. The first-order chi connectivity index (χ1) is 14.0. The van der Waals surface area contributed by atoms with Crippen molar-refractivity contribution in [2.75, 3.05) is 51.3 Å². The van der Waals surface area contributed by atoms with Crippen LogP contribution in [0, 0.1) is 13.8 Å². The second-order valence-corrected chi connectivity index (χ2v) is 7.18. The predicted octanol–water partition coefficient (Wildman–Crippen LogP) is 2.04. The number of piperazine rings is 1. The van der Waals surface area contributed by atoms with Crippen LogP contribution >= 0.6 is 0 Å². The van der Waals surface area contributed by atoms with E-state index in [9.17, 15) is 9.59 Å². The van der Waals surface area contributed by atoms with Crippen LogP contribution < -0.4 is 10.2 Å². The Morgan fingerprint density at radius 1 is 1.14 bits per heavy atom. The van der Waals surface area contributed by atoms with Gasteiger partial charge in [0.05, 0.1) is 6.61 Å². The summed E-state index contributed by atoms with van der Waals surface area (Å²) in [5, 5.41) is 2.72. The molecule has 2 amide bonds. The van der Waals surface area contributed by atoms with Crippen LogP contribution in [0.15, 0.2) is 36.5 Å². The second kappa shape index (κ2) is 9.52. The molecule has 1 aromatic carbocycles. The Morgan fingerprint density at radius 3 is 2.62 bits per heavy atom. The van der Waals surface area contributed by atoms with Crippen LogP contribution in [0.2, 0.25) is 0 Å². The largest absolute Gasteiger partial charge is 0.383 e. The van der Waals surface area contributed by atoms with Crippen LogP contribution in [0.3, 0.4) is 0 Å². The van der Waals surface area contributed by atoms with E-state index in [0.29, 0.717) is 31.8 Å². The van der Waals surface area contributed by atoms with Gasteiger partial charge in [0.2, 0.25) is 0 Å². The molecule has 0 unspecified atom stereocenters. The Bertz CT molecular complexity index is 876. The van der Waals surface area contributed by atoms with E-state index in [2.05, 4.69) is 47.2 Å². The maximum absolute atomic E-state index is 12.9. The maximum Gasteiger partial charge on any atom is 0.269 e. The minimum atomic E-state index is -0.309. The fourth-order valence-electron chi connectivity index (χ4n) is 3.46. The zero-order valence-corrected chi connectivity index (χ0v) is 17.3. The number of rotatable bonds is 6. The maximum atomic E-state index is 12.9. The number of amides is 2. The van der Waals surface area contributed by atoms with Crippen LogP contribution in [0.4, 0.5) is 5.69 Å². The Balaban J connectivity index is 1.63. The van der Waals surface area contributed by atoms with Crippen LogP contribution in [0.1, 0.15) is 32.0 Å². The molecule has 0 atom stereocenters. The summed E-state index contributed by atoms with van der Waals surface area (Å²) in [5.41, 5.74) is 4.51. The normalized spacial score (nSPS) is 14.0. The summed E-state index contributed by atoms with van der Waals surface area (Å²) < 4.78 is 4.92. The molecule has 1 saturated heterocycles. The third-order valence-corrected chi connectivity index (χ3v) is 5.31. The molecule has 1 fully saturated rings. The Kier molecular flexibility index (Phi) is 6.82. The number of hydrogen-bond donors (Lipinski definition) is 1. The second-order valence-electron chi connectivity index (χ2n) is 7.18. The highest BCUT2D eigenvalue weighted by molar-refractivity contribution is 5.98. The zero-order chi connectivity index (χ0) is 20.8. The van der Waals surface area contributed by atoms with Gasteiger partial charge in [-0.05, 0) is 43.2 Å². The van der Waals surface area contributed by atoms with Crippen molar-refractivity contribution in [1.29, 1.82) is 0 Å². The average molecular weight is 396 g/mol. The average Bonchev–Trinajstić information content (AvgIpc) is 2.75. The van der Waals surface area contributed by atoms with Gasteiger partial charge in [0.1, 0.15) is 5.69 Å². The van der Waals surface area contributed by atoms with E-state index < -0.39 is 0 Å².